The van der Waals surface area contributed by atoms with Crippen LogP contribution >= 0.6 is 0 Å². The maximum atomic E-state index is 11.8. The van der Waals surface area contributed by atoms with Gasteiger partial charge in [0, 0.05) is 11.6 Å². The van der Waals surface area contributed by atoms with Crippen LogP contribution in [0.15, 0.2) is 30.3 Å². The molecular weight excluding hydrogens is 186 g/mol. The number of amides is 1. The summed E-state index contributed by atoms with van der Waals surface area (Å²) in [5.74, 6) is 0.0382. The Labute approximate surface area is 90.7 Å². The maximum absolute atomic E-state index is 11.8. The predicted octanol–water partition coefficient (Wildman–Crippen LogP) is 2.61. The molecule has 0 radical (unpaired) electrons. The molecule has 1 saturated carbocycles. The number of hydrogen-bond donors (Lipinski definition) is 1. The molecule has 0 aromatic heterocycles. The maximum Gasteiger partial charge on any atom is 0.251 e. The van der Waals surface area contributed by atoms with E-state index in [1.54, 1.807) is 0 Å². The first kappa shape index (κ1) is 10.2. The van der Waals surface area contributed by atoms with Crippen molar-refractivity contribution in [2.75, 3.05) is 0 Å². The molecule has 1 amide bonds. The predicted molar refractivity (Wildman–Crippen MR) is 60.7 cm³/mol. The van der Waals surface area contributed by atoms with Gasteiger partial charge in [-0.2, -0.15) is 0 Å². The lowest BCUT2D eigenvalue weighted by Gasteiger charge is -2.20. The molecule has 1 fully saturated rings. The van der Waals surface area contributed by atoms with Crippen molar-refractivity contribution in [2.45, 2.75) is 32.7 Å². The van der Waals surface area contributed by atoms with Gasteiger partial charge in [0.1, 0.15) is 0 Å². The minimum Gasteiger partial charge on any atom is -0.349 e. The molecule has 1 atom stereocenters. The molecule has 1 aliphatic carbocycles. The fourth-order valence-electron chi connectivity index (χ4n) is 1.67. The van der Waals surface area contributed by atoms with Gasteiger partial charge in [-0.05, 0) is 37.3 Å². The van der Waals surface area contributed by atoms with E-state index in [0.29, 0.717) is 5.41 Å². The first-order chi connectivity index (χ1) is 7.12. The molecule has 80 valence electrons. The van der Waals surface area contributed by atoms with E-state index in [9.17, 15) is 4.79 Å². The van der Waals surface area contributed by atoms with E-state index >= 15 is 0 Å². The van der Waals surface area contributed by atoms with Crippen molar-refractivity contribution in [3.63, 3.8) is 0 Å². The second-order valence-corrected chi connectivity index (χ2v) is 4.72. The normalized spacial score (nSPS) is 19.3. The standard InChI is InChI=1S/C13H17NO/c1-10(13(2)8-9-13)14-12(15)11-6-4-3-5-7-11/h3-7,10H,8-9H2,1-2H3,(H,14,15). The Bertz CT molecular complexity index is 354. The molecule has 0 saturated heterocycles. The zero-order valence-corrected chi connectivity index (χ0v) is 9.29. The minimum absolute atomic E-state index is 0.0382. The molecule has 1 unspecified atom stereocenters. The first-order valence-corrected chi connectivity index (χ1v) is 5.48. The van der Waals surface area contributed by atoms with E-state index in [-0.39, 0.29) is 11.9 Å². The van der Waals surface area contributed by atoms with Gasteiger partial charge in [-0.15, -0.1) is 0 Å². The Kier molecular flexibility index (Phi) is 2.51. The van der Waals surface area contributed by atoms with E-state index in [1.165, 1.54) is 12.8 Å². The summed E-state index contributed by atoms with van der Waals surface area (Å²) in [5.41, 5.74) is 1.08. The summed E-state index contributed by atoms with van der Waals surface area (Å²) < 4.78 is 0. The highest BCUT2D eigenvalue weighted by Gasteiger charge is 2.43. The van der Waals surface area contributed by atoms with Gasteiger partial charge in [-0.1, -0.05) is 25.1 Å². The molecule has 2 rings (SSSR count). The third-order valence-corrected chi connectivity index (χ3v) is 3.47. The minimum atomic E-state index is 0.0382. The number of carbonyl (C=O) groups excluding carboxylic acids is 1. The summed E-state index contributed by atoms with van der Waals surface area (Å²) >= 11 is 0. The average molecular weight is 203 g/mol. The number of carbonyl (C=O) groups is 1. The molecule has 2 nitrogen and oxygen atoms in total. The number of nitrogens with one attached hydrogen (secondary N) is 1. The van der Waals surface area contributed by atoms with Crippen LogP contribution in [0.25, 0.3) is 0 Å². The number of hydrogen-bond acceptors (Lipinski definition) is 1. The van der Waals surface area contributed by atoms with Crippen molar-refractivity contribution in [1.82, 2.24) is 5.32 Å². The van der Waals surface area contributed by atoms with Gasteiger partial charge in [0.2, 0.25) is 0 Å². The van der Waals surface area contributed by atoms with Crippen LogP contribution in [0.5, 0.6) is 0 Å². The lowest BCUT2D eigenvalue weighted by atomic mass is 10.0. The highest BCUT2D eigenvalue weighted by Crippen LogP contribution is 2.47. The van der Waals surface area contributed by atoms with Gasteiger partial charge in [0.25, 0.3) is 5.91 Å². The quantitative estimate of drug-likeness (QED) is 0.803. The SMILES string of the molecule is CC(NC(=O)c1ccccc1)C1(C)CC1. The smallest absolute Gasteiger partial charge is 0.251 e. The van der Waals surface area contributed by atoms with E-state index in [4.69, 9.17) is 0 Å². The molecule has 1 aromatic rings. The molecule has 1 aliphatic rings. The van der Waals surface area contributed by atoms with Crippen molar-refractivity contribution in [3.05, 3.63) is 35.9 Å². The van der Waals surface area contributed by atoms with Crippen LogP contribution in [0.1, 0.15) is 37.0 Å². The monoisotopic (exact) mass is 203 g/mol. The second-order valence-electron chi connectivity index (χ2n) is 4.72. The van der Waals surface area contributed by atoms with Crippen LogP contribution in [0.4, 0.5) is 0 Å². The van der Waals surface area contributed by atoms with Crippen molar-refractivity contribution in [3.8, 4) is 0 Å². The summed E-state index contributed by atoms with van der Waals surface area (Å²) in [5, 5.41) is 3.06. The van der Waals surface area contributed by atoms with Crippen LogP contribution in [0.2, 0.25) is 0 Å². The Balaban J connectivity index is 1.98. The fourth-order valence-corrected chi connectivity index (χ4v) is 1.67. The lowest BCUT2D eigenvalue weighted by Crippen LogP contribution is -2.38. The molecule has 0 spiro atoms. The second kappa shape index (κ2) is 3.69. The highest BCUT2D eigenvalue weighted by molar-refractivity contribution is 5.94. The molecule has 1 aromatic carbocycles. The Hall–Kier alpha value is -1.31. The van der Waals surface area contributed by atoms with E-state index in [2.05, 4.69) is 19.2 Å². The molecule has 0 aliphatic heterocycles. The molecule has 0 bridgehead atoms. The molecule has 2 heteroatoms. The van der Waals surface area contributed by atoms with Crippen LogP contribution < -0.4 is 5.32 Å². The molecule has 1 N–H and O–H groups in total. The van der Waals surface area contributed by atoms with Gasteiger partial charge in [0.15, 0.2) is 0 Å². The Morgan fingerprint density at radius 2 is 1.93 bits per heavy atom. The molecule has 15 heavy (non-hydrogen) atoms. The van der Waals surface area contributed by atoms with Crippen LogP contribution in [0, 0.1) is 5.41 Å². The fraction of sp³-hybridized carbons (Fsp3) is 0.462. The van der Waals surface area contributed by atoms with E-state index in [1.807, 2.05) is 30.3 Å². The number of rotatable bonds is 3. The van der Waals surface area contributed by atoms with Crippen LogP contribution in [-0.2, 0) is 0 Å². The summed E-state index contributed by atoms with van der Waals surface area (Å²) in [6, 6.07) is 9.65. The van der Waals surface area contributed by atoms with Crippen molar-refractivity contribution in [1.29, 1.82) is 0 Å². The lowest BCUT2D eigenvalue weighted by molar-refractivity contribution is 0.0925. The van der Waals surface area contributed by atoms with Crippen molar-refractivity contribution >= 4 is 5.91 Å². The molecule has 0 heterocycles. The van der Waals surface area contributed by atoms with Crippen molar-refractivity contribution in [2.24, 2.45) is 5.41 Å². The van der Waals surface area contributed by atoms with Gasteiger partial charge < -0.3 is 5.32 Å². The third-order valence-electron chi connectivity index (χ3n) is 3.47. The summed E-state index contributed by atoms with van der Waals surface area (Å²) in [6.07, 6.45) is 2.45. The zero-order chi connectivity index (χ0) is 10.9. The Morgan fingerprint density at radius 3 is 2.47 bits per heavy atom. The summed E-state index contributed by atoms with van der Waals surface area (Å²) in [4.78, 5) is 11.8. The van der Waals surface area contributed by atoms with Gasteiger partial charge in [0.05, 0.1) is 0 Å². The van der Waals surface area contributed by atoms with Crippen molar-refractivity contribution < 1.29 is 4.79 Å². The van der Waals surface area contributed by atoms with E-state index < -0.39 is 0 Å². The first-order valence-electron chi connectivity index (χ1n) is 5.48. The average Bonchev–Trinajstić information content (AvgIpc) is 2.99. The van der Waals surface area contributed by atoms with Crippen LogP contribution in [0.3, 0.4) is 0 Å². The zero-order valence-electron chi connectivity index (χ0n) is 9.29. The number of benzene rings is 1. The topological polar surface area (TPSA) is 29.1 Å². The summed E-state index contributed by atoms with van der Waals surface area (Å²) in [6.45, 7) is 4.32. The van der Waals surface area contributed by atoms with Gasteiger partial charge in [-0.25, -0.2) is 0 Å². The summed E-state index contributed by atoms with van der Waals surface area (Å²) in [7, 11) is 0. The Morgan fingerprint density at radius 1 is 1.33 bits per heavy atom. The largest absolute Gasteiger partial charge is 0.349 e. The van der Waals surface area contributed by atoms with Crippen LogP contribution in [-0.4, -0.2) is 11.9 Å². The third kappa shape index (κ3) is 2.20. The highest BCUT2D eigenvalue weighted by atomic mass is 16.1. The van der Waals surface area contributed by atoms with E-state index in [0.717, 1.165) is 5.56 Å². The van der Waals surface area contributed by atoms with Gasteiger partial charge in [-0.3, -0.25) is 4.79 Å². The van der Waals surface area contributed by atoms with Gasteiger partial charge >= 0.3 is 0 Å². The molecular formula is C13H17NO.